The van der Waals surface area contributed by atoms with Gasteiger partial charge in [-0.05, 0) is 30.7 Å². The molecule has 0 aromatic heterocycles. The van der Waals surface area contributed by atoms with Gasteiger partial charge in [0.05, 0.1) is 6.10 Å². The van der Waals surface area contributed by atoms with Crippen molar-refractivity contribution in [3.05, 3.63) is 37.0 Å². The fourth-order valence-electron chi connectivity index (χ4n) is 1.62. The zero-order valence-corrected chi connectivity index (χ0v) is 11.8. The number of halogens is 1. The summed E-state index contributed by atoms with van der Waals surface area (Å²) in [5.74, 6) is 0.421. The van der Waals surface area contributed by atoms with Crippen molar-refractivity contribution in [1.82, 2.24) is 0 Å². The van der Waals surface area contributed by atoms with Crippen molar-refractivity contribution < 1.29 is 34.9 Å². The molecule has 0 saturated carbocycles. The molecule has 0 bridgehead atoms. The second kappa shape index (κ2) is 6.36. The molecule has 0 amide bonds. The third-order valence-corrected chi connectivity index (χ3v) is 2.45. The van der Waals surface area contributed by atoms with Gasteiger partial charge in [-0.15, -0.1) is 0 Å². The van der Waals surface area contributed by atoms with Crippen molar-refractivity contribution in [1.29, 1.82) is 0 Å². The van der Waals surface area contributed by atoms with E-state index in [9.17, 15) is 4.39 Å². The monoisotopic (exact) mass is 393 g/mol. The van der Waals surface area contributed by atoms with E-state index in [1.165, 1.54) is 12.1 Å². The summed E-state index contributed by atoms with van der Waals surface area (Å²) in [6, 6.07) is 6.00. The Hall–Kier alpha value is -0.402. The Morgan fingerprint density at radius 2 is 2.00 bits per heavy atom. The smallest absolute Gasteiger partial charge is 0.123 e. The quantitative estimate of drug-likeness (QED) is 0.736. The second-order valence-corrected chi connectivity index (χ2v) is 3.72. The van der Waals surface area contributed by atoms with Gasteiger partial charge in [0.25, 0.3) is 0 Å². The molecule has 1 fully saturated rings. The molecule has 1 aliphatic heterocycles. The summed E-state index contributed by atoms with van der Waals surface area (Å²) in [5, 5.41) is 0. The van der Waals surface area contributed by atoms with E-state index >= 15 is 0 Å². The summed E-state index contributed by atoms with van der Waals surface area (Å²) < 4.78 is 23.6. The minimum Gasteiger partial charge on any atom is -0.491 e. The van der Waals surface area contributed by atoms with E-state index in [1.807, 2.05) is 0 Å². The van der Waals surface area contributed by atoms with Crippen LogP contribution < -0.4 is 4.74 Å². The van der Waals surface area contributed by atoms with Crippen molar-refractivity contribution >= 4 is 0 Å². The first-order valence-electron chi connectivity index (χ1n) is 5.11. The third-order valence-electron chi connectivity index (χ3n) is 2.45. The number of hydrogen-bond acceptors (Lipinski definition) is 2. The van der Waals surface area contributed by atoms with Gasteiger partial charge in [0, 0.05) is 21.1 Å². The Morgan fingerprint density at radius 3 is 2.56 bits per heavy atom. The van der Waals surface area contributed by atoms with E-state index in [0.29, 0.717) is 12.4 Å². The van der Waals surface area contributed by atoms with E-state index in [1.54, 1.807) is 12.1 Å². The molecule has 1 aromatic carbocycles. The van der Waals surface area contributed by atoms with Crippen LogP contribution in [0.1, 0.15) is 12.8 Å². The fraction of sp³-hybridized carbons (Fsp3) is 0.417. The van der Waals surface area contributed by atoms with Crippen molar-refractivity contribution in [3.8, 4) is 5.75 Å². The third kappa shape index (κ3) is 3.88. The van der Waals surface area contributed by atoms with Crippen LogP contribution in [0.2, 0.25) is 0 Å². The second-order valence-electron chi connectivity index (χ2n) is 3.72. The van der Waals surface area contributed by atoms with Crippen molar-refractivity contribution in [3.63, 3.8) is 0 Å². The minimum atomic E-state index is -0.253. The molecule has 1 aromatic rings. The van der Waals surface area contributed by atoms with Gasteiger partial charge in [-0.25, -0.2) is 4.39 Å². The minimum absolute atomic E-state index is 0. The predicted octanol–water partition coefficient (Wildman–Crippen LogP) is 2.58. The Kier molecular flexibility index (Phi) is 5.43. The van der Waals surface area contributed by atoms with Gasteiger partial charge in [-0.2, -0.15) is 0 Å². The van der Waals surface area contributed by atoms with E-state index in [2.05, 4.69) is 6.92 Å². The average Bonchev–Trinajstić information content (AvgIpc) is 2.64. The van der Waals surface area contributed by atoms with Gasteiger partial charge in [0.2, 0.25) is 0 Å². The molecular weight excluding hydrogens is 379 g/mol. The van der Waals surface area contributed by atoms with Crippen LogP contribution in [0, 0.1) is 12.7 Å². The van der Waals surface area contributed by atoms with Crippen molar-refractivity contribution in [2.24, 2.45) is 0 Å². The van der Waals surface area contributed by atoms with E-state index in [4.69, 9.17) is 9.47 Å². The zero-order valence-electron chi connectivity index (χ0n) is 8.90. The van der Waals surface area contributed by atoms with Crippen LogP contribution in [0.25, 0.3) is 0 Å². The molecule has 0 unspecified atom stereocenters. The van der Waals surface area contributed by atoms with Gasteiger partial charge in [0.1, 0.15) is 18.2 Å². The fourth-order valence-corrected chi connectivity index (χ4v) is 1.62. The Balaban J connectivity index is 0.00000128. The molecule has 2 atom stereocenters. The summed E-state index contributed by atoms with van der Waals surface area (Å²) >= 11 is 0. The number of benzene rings is 1. The van der Waals surface area contributed by atoms with Crippen molar-refractivity contribution in [2.75, 3.05) is 6.61 Å². The van der Waals surface area contributed by atoms with Gasteiger partial charge in [-0.3, -0.25) is 0 Å². The predicted molar refractivity (Wildman–Crippen MR) is 55.1 cm³/mol. The first-order valence-corrected chi connectivity index (χ1v) is 5.11. The number of rotatable bonds is 3. The van der Waals surface area contributed by atoms with Gasteiger partial charge in [0.15, 0.2) is 0 Å². The summed E-state index contributed by atoms with van der Waals surface area (Å²) in [6.07, 6.45) is 2.18. The topological polar surface area (TPSA) is 18.5 Å². The van der Waals surface area contributed by atoms with Gasteiger partial charge < -0.3 is 16.4 Å². The zero-order chi connectivity index (χ0) is 10.7. The SMILES string of the molecule is [CH2-][C@@H]1CC[C@H](COc2ccc(F)cc2)O1.[W]. The van der Waals surface area contributed by atoms with Crippen LogP contribution in [0.5, 0.6) is 5.75 Å². The van der Waals surface area contributed by atoms with Crippen LogP contribution in [0.4, 0.5) is 4.39 Å². The number of ether oxygens (including phenoxy) is 2. The maximum absolute atomic E-state index is 12.6. The van der Waals surface area contributed by atoms with Crippen LogP contribution in [-0.2, 0) is 25.8 Å². The van der Waals surface area contributed by atoms with E-state index in [-0.39, 0.29) is 39.1 Å². The molecule has 0 spiro atoms. The molecule has 0 aliphatic carbocycles. The maximum Gasteiger partial charge on any atom is 0.123 e. The molecule has 1 saturated heterocycles. The molecule has 2 nitrogen and oxygen atoms in total. The Bertz CT molecular complexity index is 315. The molecule has 2 rings (SSSR count). The normalized spacial score (nSPS) is 23.9. The molecule has 1 aliphatic rings. The van der Waals surface area contributed by atoms with Crippen LogP contribution >= 0.6 is 0 Å². The summed E-state index contributed by atoms with van der Waals surface area (Å²) in [5.41, 5.74) is 0. The molecule has 16 heavy (non-hydrogen) atoms. The van der Waals surface area contributed by atoms with Crippen molar-refractivity contribution in [2.45, 2.75) is 25.0 Å². The largest absolute Gasteiger partial charge is 0.491 e. The van der Waals surface area contributed by atoms with Crippen LogP contribution in [0.15, 0.2) is 24.3 Å². The molecule has 0 N–H and O–H groups in total. The average molecular weight is 393 g/mol. The summed E-state index contributed by atoms with van der Waals surface area (Å²) in [7, 11) is 0. The van der Waals surface area contributed by atoms with E-state index < -0.39 is 0 Å². The van der Waals surface area contributed by atoms with Crippen LogP contribution in [-0.4, -0.2) is 18.8 Å². The molecular formula is C12H14FO2W-. The number of hydrogen-bond donors (Lipinski definition) is 0. The first-order chi connectivity index (χ1) is 7.24. The molecule has 1 heterocycles. The van der Waals surface area contributed by atoms with Crippen LogP contribution in [0.3, 0.4) is 0 Å². The molecule has 88 valence electrons. The molecule has 4 heteroatoms. The van der Waals surface area contributed by atoms with Gasteiger partial charge >= 0.3 is 0 Å². The summed E-state index contributed by atoms with van der Waals surface area (Å²) in [4.78, 5) is 0. The maximum atomic E-state index is 12.6. The Labute approximate surface area is 109 Å². The first kappa shape index (κ1) is 13.7. The summed E-state index contributed by atoms with van der Waals surface area (Å²) in [6.45, 7) is 4.34. The molecule has 0 radical (unpaired) electrons. The Morgan fingerprint density at radius 1 is 1.31 bits per heavy atom. The standard InChI is InChI=1S/C12H14FO2.W/c1-9-2-5-12(15-9)8-14-11-6-3-10(13)4-7-11;/h3-4,6-7,9,12H,1-2,5,8H2;/q-1;/t9-,12-;/m1./s1. The van der Waals surface area contributed by atoms with E-state index in [0.717, 1.165) is 12.8 Å². The van der Waals surface area contributed by atoms with Gasteiger partial charge in [-0.1, -0.05) is 12.5 Å².